The highest BCUT2D eigenvalue weighted by Crippen LogP contribution is 2.37. The maximum atomic E-state index is 12.0. The fourth-order valence-electron chi connectivity index (χ4n) is 1.99. The second-order valence-electron chi connectivity index (χ2n) is 4.80. The lowest BCUT2D eigenvalue weighted by Crippen LogP contribution is -2.22. The van der Waals surface area contributed by atoms with E-state index in [0.717, 1.165) is 15.7 Å². The first-order valence-electron chi connectivity index (χ1n) is 5.85. The number of hydrogen-bond donors (Lipinski definition) is 2. The number of carbonyl (C=O) groups excluding carboxylic acids is 1. The number of hydrogen-bond acceptors (Lipinski definition) is 2. The van der Waals surface area contributed by atoms with Crippen molar-refractivity contribution in [2.75, 3.05) is 11.1 Å². The van der Waals surface area contributed by atoms with Crippen LogP contribution in [0.5, 0.6) is 0 Å². The summed E-state index contributed by atoms with van der Waals surface area (Å²) in [6, 6.07) is 3.76. The summed E-state index contributed by atoms with van der Waals surface area (Å²) in [5.74, 6) is 0.717. The molecule has 0 spiro atoms. The van der Waals surface area contributed by atoms with Crippen LogP contribution in [0.25, 0.3) is 0 Å². The predicted octanol–water partition coefficient (Wildman–Crippen LogP) is 3.32. The second-order valence-corrected chi connectivity index (χ2v) is 5.72. The zero-order valence-electron chi connectivity index (χ0n) is 10.1. The van der Waals surface area contributed by atoms with E-state index in [1.54, 1.807) is 0 Å². The Kier molecular flexibility index (Phi) is 3.43. The fourth-order valence-corrected chi connectivity index (χ4v) is 2.58. The van der Waals surface area contributed by atoms with Gasteiger partial charge in [-0.3, -0.25) is 4.79 Å². The summed E-state index contributed by atoms with van der Waals surface area (Å²) in [5.41, 5.74) is 8.24. The molecule has 92 valence electrons. The predicted molar refractivity (Wildman–Crippen MR) is 73.8 cm³/mol. The molecule has 0 saturated heterocycles. The van der Waals surface area contributed by atoms with Gasteiger partial charge in [0.15, 0.2) is 0 Å². The van der Waals surface area contributed by atoms with Crippen molar-refractivity contribution in [2.45, 2.75) is 26.7 Å². The molecule has 3 nitrogen and oxygen atoms in total. The number of amides is 1. The largest absolute Gasteiger partial charge is 0.397 e. The van der Waals surface area contributed by atoms with Crippen molar-refractivity contribution >= 4 is 33.2 Å². The van der Waals surface area contributed by atoms with E-state index in [1.807, 2.05) is 26.0 Å². The van der Waals surface area contributed by atoms with E-state index in [-0.39, 0.29) is 11.8 Å². The molecular weight excluding hydrogens is 280 g/mol. The molecule has 2 rings (SSSR count). The molecule has 3 N–H and O–H groups in total. The molecule has 1 aromatic carbocycles. The van der Waals surface area contributed by atoms with Crippen molar-refractivity contribution in [3.05, 3.63) is 22.2 Å². The first-order chi connectivity index (χ1) is 7.99. The van der Waals surface area contributed by atoms with Gasteiger partial charge in [0.2, 0.25) is 5.91 Å². The van der Waals surface area contributed by atoms with Crippen LogP contribution in [0.3, 0.4) is 0 Å². The standard InChI is InChI=1S/C13H17BrN2O/c1-7-5-10(14)6-11(15)12(7)16-13(17)8(2)9-3-4-9/h5-6,8-9H,3-4,15H2,1-2H3,(H,16,17). The van der Waals surface area contributed by atoms with Crippen LogP contribution in [0.15, 0.2) is 16.6 Å². The van der Waals surface area contributed by atoms with Crippen LogP contribution < -0.4 is 11.1 Å². The van der Waals surface area contributed by atoms with Gasteiger partial charge in [-0.05, 0) is 43.4 Å². The maximum absolute atomic E-state index is 12.0. The van der Waals surface area contributed by atoms with Gasteiger partial charge >= 0.3 is 0 Å². The minimum absolute atomic E-state index is 0.0737. The molecule has 1 atom stereocenters. The van der Waals surface area contributed by atoms with Crippen LogP contribution >= 0.6 is 15.9 Å². The third-order valence-corrected chi connectivity index (χ3v) is 3.78. The molecule has 1 unspecified atom stereocenters. The lowest BCUT2D eigenvalue weighted by Gasteiger charge is -2.15. The summed E-state index contributed by atoms with van der Waals surface area (Å²) < 4.78 is 0.931. The Balaban J connectivity index is 2.15. The number of aryl methyl sites for hydroxylation is 1. The quantitative estimate of drug-likeness (QED) is 0.841. The van der Waals surface area contributed by atoms with Crippen molar-refractivity contribution in [3.8, 4) is 0 Å². The number of benzene rings is 1. The van der Waals surface area contributed by atoms with E-state index in [2.05, 4.69) is 21.2 Å². The SMILES string of the molecule is Cc1cc(Br)cc(N)c1NC(=O)C(C)C1CC1. The number of nitrogens with two attached hydrogens (primary N) is 1. The molecule has 1 amide bonds. The van der Waals surface area contributed by atoms with Gasteiger partial charge in [0, 0.05) is 10.4 Å². The van der Waals surface area contributed by atoms with Crippen LogP contribution in [0.1, 0.15) is 25.3 Å². The average Bonchev–Trinajstić information content (AvgIpc) is 3.05. The van der Waals surface area contributed by atoms with E-state index >= 15 is 0 Å². The van der Waals surface area contributed by atoms with Crippen molar-refractivity contribution in [1.29, 1.82) is 0 Å². The Bertz CT molecular complexity index is 432. The Labute approximate surface area is 110 Å². The molecule has 1 fully saturated rings. The van der Waals surface area contributed by atoms with Gasteiger partial charge in [0.1, 0.15) is 0 Å². The maximum Gasteiger partial charge on any atom is 0.227 e. The lowest BCUT2D eigenvalue weighted by molar-refractivity contribution is -0.119. The summed E-state index contributed by atoms with van der Waals surface area (Å²) in [6.07, 6.45) is 2.34. The molecule has 1 aliphatic carbocycles. The van der Waals surface area contributed by atoms with Crippen molar-refractivity contribution < 1.29 is 4.79 Å². The minimum atomic E-state index is 0.0737. The highest BCUT2D eigenvalue weighted by molar-refractivity contribution is 9.10. The summed E-state index contributed by atoms with van der Waals surface area (Å²) in [7, 11) is 0. The number of rotatable bonds is 3. The van der Waals surface area contributed by atoms with Gasteiger partial charge in [-0.15, -0.1) is 0 Å². The van der Waals surface area contributed by atoms with Crippen molar-refractivity contribution in [1.82, 2.24) is 0 Å². The Morgan fingerprint density at radius 2 is 2.18 bits per heavy atom. The van der Waals surface area contributed by atoms with E-state index in [0.29, 0.717) is 11.6 Å². The normalized spacial score (nSPS) is 16.6. The van der Waals surface area contributed by atoms with Crippen molar-refractivity contribution in [3.63, 3.8) is 0 Å². The van der Waals surface area contributed by atoms with Gasteiger partial charge in [0.25, 0.3) is 0 Å². The molecule has 17 heavy (non-hydrogen) atoms. The third-order valence-electron chi connectivity index (χ3n) is 3.32. The number of anilines is 2. The summed E-state index contributed by atoms with van der Waals surface area (Å²) in [6.45, 7) is 3.93. The average molecular weight is 297 g/mol. The Morgan fingerprint density at radius 1 is 1.53 bits per heavy atom. The van der Waals surface area contributed by atoms with Crippen molar-refractivity contribution in [2.24, 2.45) is 11.8 Å². The van der Waals surface area contributed by atoms with Crippen LogP contribution in [0, 0.1) is 18.8 Å². The van der Waals surface area contributed by atoms with Crippen LogP contribution in [-0.2, 0) is 4.79 Å². The zero-order chi connectivity index (χ0) is 12.6. The number of carbonyl (C=O) groups is 1. The molecule has 0 radical (unpaired) electrons. The van der Waals surface area contributed by atoms with E-state index < -0.39 is 0 Å². The highest BCUT2D eigenvalue weighted by atomic mass is 79.9. The van der Waals surface area contributed by atoms with Crippen LogP contribution in [-0.4, -0.2) is 5.91 Å². The second kappa shape index (κ2) is 4.69. The minimum Gasteiger partial charge on any atom is -0.397 e. The molecule has 0 aliphatic heterocycles. The molecule has 0 aromatic heterocycles. The lowest BCUT2D eigenvalue weighted by atomic mass is 10.0. The summed E-state index contributed by atoms with van der Waals surface area (Å²) >= 11 is 3.38. The number of nitrogen functional groups attached to an aromatic ring is 1. The van der Waals surface area contributed by atoms with Crippen LogP contribution in [0.2, 0.25) is 0 Å². The first kappa shape index (κ1) is 12.4. The van der Waals surface area contributed by atoms with E-state index in [1.165, 1.54) is 12.8 Å². The molecule has 0 heterocycles. The Morgan fingerprint density at radius 3 is 2.71 bits per heavy atom. The molecule has 1 saturated carbocycles. The van der Waals surface area contributed by atoms with Gasteiger partial charge in [-0.1, -0.05) is 22.9 Å². The number of nitrogens with one attached hydrogen (secondary N) is 1. The van der Waals surface area contributed by atoms with E-state index in [9.17, 15) is 4.79 Å². The van der Waals surface area contributed by atoms with Gasteiger partial charge in [0.05, 0.1) is 11.4 Å². The number of halogens is 1. The summed E-state index contributed by atoms with van der Waals surface area (Å²) in [4.78, 5) is 12.0. The molecule has 1 aliphatic rings. The Hall–Kier alpha value is -1.03. The topological polar surface area (TPSA) is 55.1 Å². The van der Waals surface area contributed by atoms with Gasteiger partial charge in [-0.25, -0.2) is 0 Å². The monoisotopic (exact) mass is 296 g/mol. The molecular formula is C13H17BrN2O. The van der Waals surface area contributed by atoms with E-state index in [4.69, 9.17) is 5.73 Å². The smallest absolute Gasteiger partial charge is 0.227 e. The first-order valence-corrected chi connectivity index (χ1v) is 6.65. The summed E-state index contributed by atoms with van der Waals surface area (Å²) in [5, 5.41) is 2.94. The molecule has 4 heteroatoms. The van der Waals surface area contributed by atoms with Gasteiger partial charge in [-0.2, -0.15) is 0 Å². The molecule has 1 aromatic rings. The van der Waals surface area contributed by atoms with Gasteiger partial charge < -0.3 is 11.1 Å². The zero-order valence-corrected chi connectivity index (χ0v) is 11.7. The highest BCUT2D eigenvalue weighted by Gasteiger charge is 2.32. The molecule has 0 bridgehead atoms. The van der Waals surface area contributed by atoms with Crippen LogP contribution in [0.4, 0.5) is 11.4 Å². The third kappa shape index (κ3) is 2.80. The fraction of sp³-hybridized carbons (Fsp3) is 0.462.